The summed E-state index contributed by atoms with van der Waals surface area (Å²) in [5.41, 5.74) is 4.13. The summed E-state index contributed by atoms with van der Waals surface area (Å²) >= 11 is 1.43. The maximum Gasteiger partial charge on any atom is 0.191 e. The first-order valence-corrected chi connectivity index (χ1v) is 9.64. The number of Topliss-reactive ketones (excluding diaryl/α,β-unsaturated/α-hetero) is 1. The number of carbonyl (C=O) groups excluding carboxylic acids is 1. The monoisotopic (exact) mass is 368 g/mol. The normalized spacial score (nSPS) is 12.3. The molecule has 0 unspecified atom stereocenters. The third-order valence-corrected chi connectivity index (χ3v) is 5.86. The lowest BCUT2D eigenvalue weighted by Crippen LogP contribution is -2.12. The number of benzene rings is 1. The summed E-state index contributed by atoms with van der Waals surface area (Å²) < 4.78 is 4.14. The molecule has 0 saturated carbocycles. The van der Waals surface area contributed by atoms with Gasteiger partial charge in [0.15, 0.2) is 10.9 Å². The molecule has 2 aromatic heterocycles. The number of nitrogens with zero attached hydrogens (tertiary/aromatic N) is 4. The molecule has 3 aromatic rings. The summed E-state index contributed by atoms with van der Waals surface area (Å²) in [6, 6.07) is 12.5. The van der Waals surface area contributed by atoms with E-state index in [9.17, 15) is 4.79 Å². The highest BCUT2D eigenvalue weighted by molar-refractivity contribution is 7.99. The molecule has 0 N–H and O–H groups in total. The van der Waals surface area contributed by atoms with Crippen LogP contribution in [0.25, 0.3) is 0 Å². The molecule has 1 atom stereocenters. The van der Waals surface area contributed by atoms with E-state index in [1.54, 1.807) is 0 Å². The number of thioether (sulfide) groups is 1. The summed E-state index contributed by atoms with van der Waals surface area (Å²) in [5, 5.41) is 8.91. The molecule has 0 aliphatic heterocycles. The average Bonchev–Trinajstić information content (AvgIpc) is 3.12. The lowest BCUT2D eigenvalue weighted by molar-refractivity contribution is 0.102. The Hall–Kier alpha value is -2.34. The minimum atomic E-state index is 0.121. The van der Waals surface area contributed by atoms with E-state index in [0.29, 0.717) is 5.75 Å². The number of hydrogen-bond acceptors (Lipinski definition) is 4. The van der Waals surface area contributed by atoms with Crippen LogP contribution in [-0.2, 0) is 7.05 Å². The summed E-state index contributed by atoms with van der Waals surface area (Å²) in [4.78, 5) is 12.8. The van der Waals surface area contributed by atoms with Crippen molar-refractivity contribution in [3.05, 3.63) is 64.7 Å². The fourth-order valence-corrected chi connectivity index (χ4v) is 4.10. The van der Waals surface area contributed by atoms with Crippen molar-refractivity contribution >= 4 is 17.5 Å². The van der Waals surface area contributed by atoms with E-state index >= 15 is 0 Å². The largest absolute Gasteiger partial charge is 0.341 e. The van der Waals surface area contributed by atoms with Gasteiger partial charge < -0.3 is 9.13 Å². The van der Waals surface area contributed by atoms with E-state index in [2.05, 4.69) is 40.7 Å². The first-order valence-electron chi connectivity index (χ1n) is 8.65. The molecule has 0 amide bonds. The minimum absolute atomic E-state index is 0.121. The quantitative estimate of drug-likeness (QED) is 0.485. The highest BCUT2D eigenvalue weighted by Crippen LogP contribution is 2.27. The molecule has 3 rings (SSSR count). The van der Waals surface area contributed by atoms with Gasteiger partial charge in [-0.05, 0) is 39.3 Å². The van der Waals surface area contributed by atoms with Gasteiger partial charge in [0.2, 0.25) is 0 Å². The van der Waals surface area contributed by atoms with Crippen molar-refractivity contribution in [1.29, 1.82) is 0 Å². The number of aryl methyl sites for hydroxylation is 2. The summed E-state index contributed by atoms with van der Waals surface area (Å²) in [6.45, 7) is 8.15. The highest BCUT2D eigenvalue weighted by atomic mass is 32.2. The second-order valence-electron chi connectivity index (χ2n) is 6.54. The number of hydrogen-bond donors (Lipinski definition) is 0. The Morgan fingerprint density at radius 3 is 2.46 bits per heavy atom. The van der Waals surface area contributed by atoms with E-state index in [0.717, 1.165) is 27.9 Å². The Balaban J connectivity index is 1.81. The SMILES string of the molecule is Cc1nnc(SCC(=O)c2cc(C)n([C@H](C)c3ccccc3)c2C)n1C. The van der Waals surface area contributed by atoms with Crippen LogP contribution in [0.4, 0.5) is 0 Å². The fourth-order valence-electron chi connectivity index (χ4n) is 3.26. The first-order chi connectivity index (χ1) is 12.4. The minimum Gasteiger partial charge on any atom is -0.341 e. The van der Waals surface area contributed by atoms with Crippen LogP contribution in [0.5, 0.6) is 0 Å². The zero-order valence-corrected chi connectivity index (χ0v) is 16.7. The van der Waals surface area contributed by atoms with Gasteiger partial charge in [-0.25, -0.2) is 0 Å². The van der Waals surface area contributed by atoms with Gasteiger partial charge in [-0.3, -0.25) is 4.79 Å². The Morgan fingerprint density at radius 2 is 1.85 bits per heavy atom. The predicted molar refractivity (Wildman–Crippen MR) is 105 cm³/mol. The van der Waals surface area contributed by atoms with Gasteiger partial charge in [0, 0.05) is 24.0 Å². The Morgan fingerprint density at radius 1 is 1.15 bits per heavy atom. The van der Waals surface area contributed by atoms with E-state index in [1.807, 2.05) is 49.7 Å². The number of aromatic nitrogens is 4. The van der Waals surface area contributed by atoms with Crippen molar-refractivity contribution < 1.29 is 4.79 Å². The van der Waals surface area contributed by atoms with Gasteiger partial charge in [-0.15, -0.1) is 10.2 Å². The lowest BCUT2D eigenvalue weighted by atomic mass is 10.1. The smallest absolute Gasteiger partial charge is 0.191 e. The van der Waals surface area contributed by atoms with Gasteiger partial charge in [-0.2, -0.15) is 0 Å². The van der Waals surface area contributed by atoms with E-state index in [-0.39, 0.29) is 11.8 Å². The zero-order valence-electron chi connectivity index (χ0n) is 15.9. The zero-order chi connectivity index (χ0) is 18.8. The molecule has 0 radical (unpaired) electrons. The Kier molecular flexibility index (Phi) is 5.32. The number of rotatable bonds is 6. The lowest BCUT2D eigenvalue weighted by Gasteiger charge is -2.19. The molecule has 1 aromatic carbocycles. The third-order valence-electron chi connectivity index (χ3n) is 4.84. The van der Waals surface area contributed by atoms with E-state index < -0.39 is 0 Å². The molecule has 5 nitrogen and oxygen atoms in total. The van der Waals surface area contributed by atoms with Crippen molar-refractivity contribution in [2.75, 3.05) is 5.75 Å². The molecular weight excluding hydrogens is 344 g/mol. The molecule has 0 saturated heterocycles. The van der Waals surface area contributed by atoms with Gasteiger partial charge in [0.25, 0.3) is 0 Å². The van der Waals surface area contributed by atoms with Crippen LogP contribution in [0.2, 0.25) is 0 Å². The number of ketones is 1. The van der Waals surface area contributed by atoms with E-state index in [4.69, 9.17) is 0 Å². The third kappa shape index (κ3) is 3.46. The van der Waals surface area contributed by atoms with Crippen molar-refractivity contribution in [3.63, 3.8) is 0 Å². The molecule has 6 heteroatoms. The highest BCUT2D eigenvalue weighted by Gasteiger charge is 2.20. The summed E-state index contributed by atoms with van der Waals surface area (Å²) in [6.07, 6.45) is 0. The maximum atomic E-state index is 12.8. The molecule has 0 spiro atoms. The first kappa shape index (κ1) is 18.5. The number of carbonyl (C=O) groups is 1. The van der Waals surface area contributed by atoms with Gasteiger partial charge >= 0.3 is 0 Å². The van der Waals surface area contributed by atoms with Crippen LogP contribution in [-0.4, -0.2) is 30.9 Å². The van der Waals surface area contributed by atoms with Gasteiger partial charge in [0.1, 0.15) is 5.82 Å². The molecule has 0 fully saturated rings. The van der Waals surface area contributed by atoms with E-state index in [1.165, 1.54) is 17.3 Å². The van der Waals surface area contributed by atoms with Crippen LogP contribution in [0.15, 0.2) is 41.6 Å². The van der Waals surface area contributed by atoms with Crippen LogP contribution >= 0.6 is 11.8 Å². The molecular formula is C20H24N4OS. The van der Waals surface area contributed by atoms with Crippen LogP contribution < -0.4 is 0 Å². The predicted octanol–water partition coefficient (Wildman–Crippen LogP) is 4.13. The van der Waals surface area contributed by atoms with Crippen molar-refractivity contribution in [3.8, 4) is 0 Å². The maximum absolute atomic E-state index is 12.8. The average molecular weight is 369 g/mol. The molecule has 0 aliphatic carbocycles. The van der Waals surface area contributed by atoms with Crippen LogP contribution in [0, 0.1) is 20.8 Å². The standard InChI is InChI=1S/C20H24N4OS/c1-13-11-18(19(25)12-26-20-22-21-16(4)23(20)5)15(3)24(13)14(2)17-9-7-6-8-10-17/h6-11,14H,12H2,1-5H3/t14-/m1/s1. The van der Waals surface area contributed by atoms with Crippen molar-refractivity contribution in [2.45, 2.75) is 38.9 Å². The Bertz CT molecular complexity index is 927. The molecule has 2 heterocycles. The second kappa shape index (κ2) is 7.50. The van der Waals surface area contributed by atoms with Crippen molar-refractivity contribution in [2.24, 2.45) is 7.05 Å². The van der Waals surface area contributed by atoms with Crippen LogP contribution in [0.3, 0.4) is 0 Å². The molecule has 0 aliphatic rings. The van der Waals surface area contributed by atoms with Crippen LogP contribution in [0.1, 0.15) is 46.1 Å². The molecule has 26 heavy (non-hydrogen) atoms. The molecule has 0 bridgehead atoms. The van der Waals surface area contributed by atoms with Gasteiger partial charge in [0.05, 0.1) is 11.8 Å². The summed E-state index contributed by atoms with van der Waals surface area (Å²) in [7, 11) is 1.91. The van der Waals surface area contributed by atoms with Crippen molar-refractivity contribution in [1.82, 2.24) is 19.3 Å². The summed E-state index contributed by atoms with van der Waals surface area (Å²) in [5.74, 6) is 1.32. The fraction of sp³-hybridized carbons (Fsp3) is 0.350. The second-order valence-corrected chi connectivity index (χ2v) is 7.48. The van der Waals surface area contributed by atoms with Gasteiger partial charge in [-0.1, -0.05) is 42.1 Å². The molecule has 136 valence electrons. The topological polar surface area (TPSA) is 52.7 Å². The Labute approximate surface area is 158 Å².